The summed E-state index contributed by atoms with van der Waals surface area (Å²) in [7, 11) is 0. The van der Waals surface area contributed by atoms with E-state index in [9.17, 15) is 20.2 Å². The molecule has 0 fully saturated rings. The van der Waals surface area contributed by atoms with E-state index in [2.05, 4.69) is 0 Å². The predicted octanol–water partition coefficient (Wildman–Crippen LogP) is 3.73. The number of hydrogen-bond acceptors (Lipinski definition) is 4. The van der Waals surface area contributed by atoms with Crippen molar-refractivity contribution < 1.29 is 9.85 Å². The molecular weight excluding hydrogens is 286 g/mol. The molecule has 0 saturated heterocycles. The molecule has 2 heterocycles. The number of nitro groups is 2. The fourth-order valence-corrected chi connectivity index (χ4v) is 2.53. The Kier molecular flexibility index (Phi) is 3.10. The minimum absolute atomic E-state index is 0.0289. The molecule has 3 aromatic rings. The zero-order valence-electron chi connectivity index (χ0n) is 11.6. The number of fused-ring (bicyclic) bond motifs is 1. The first-order valence-electron chi connectivity index (χ1n) is 6.49. The fourth-order valence-electron chi connectivity index (χ4n) is 2.53. The molecule has 0 unspecified atom stereocenters. The van der Waals surface area contributed by atoms with Gasteiger partial charge in [-0.15, -0.1) is 0 Å². The van der Waals surface area contributed by atoms with Gasteiger partial charge in [0.25, 0.3) is 0 Å². The van der Waals surface area contributed by atoms with Crippen molar-refractivity contribution in [2.45, 2.75) is 6.92 Å². The molecule has 3 rings (SSSR count). The van der Waals surface area contributed by atoms with Gasteiger partial charge < -0.3 is 10.1 Å². The van der Waals surface area contributed by atoms with E-state index in [1.54, 1.807) is 36.4 Å². The van der Waals surface area contributed by atoms with Gasteiger partial charge in [-0.1, -0.05) is 35.9 Å². The van der Waals surface area contributed by atoms with Crippen molar-refractivity contribution >= 4 is 17.0 Å². The van der Waals surface area contributed by atoms with Crippen molar-refractivity contribution in [2.24, 2.45) is 0 Å². The molecule has 0 N–H and O–H groups in total. The van der Waals surface area contributed by atoms with Gasteiger partial charge in [-0.2, -0.15) is 4.40 Å². The molecule has 0 spiro atoms. The van der Waals surface area contributed by atoms with E-state index < -0.39 is 9.85 Å². The van der Waals surface area contributed by atoms with Gasteiger partial charge in [0, 0.05) is 0 Å². The molecule has 22 heavy (non-hydrogen) atoms. The van der Waals surface area contributed by atoms with Crippen molar-refractivity contribution in [3.63, 3.8) is 0 Å². The van der Waals surface area contributed by atoms with Crippen LogP contribution in [0.5, 0.6) is 0 Å². The van der Waals surface area contributed by atoms with Crippen LogP contribution in [0.25, 0.3) is 16.6 Å². The second-order valence-corrected chi connectivity index (χ2v) is 4.88. The third-order valence-electron chi connectivity index (χ3n) is 3.49. The smallest absolute Gasteiger partial charge is 0.343 e. The maximum atomic E-state index is 11.5. The second-order valence-electron chi connectivity index (χ2n) is 4.88. The molecular formula is C15H11N3O4. The third-order valence-corrected chi connectivity index (χ3v) is 3.49. The summed E-state index contributed by atoms with van der Waals surface area (Å²) in [6.07, 6.45) is 1.46. The first-order chi connectivity index (χ1) is 10.5. The van der Waals surface area contributed by atoms with E-state index in [0.717, 1.165) is 5.56 Å². The molecule has 1 aromatic carbocycles. The van der Waals surface area contributed by atoms with Crippen LogP contribution >= 0.6 is 0 Å². The maximum Gasteiger partial charge on any atom is 0.343 e. The lowest BCUT2D eigenvalue weighted by atomic mass is 10.0. The average molecular weight is 297 g/mol. The second kappa shape index (κ2) is 4.96. The standard InChI is InChI=1S/C15H11N3O4/c1-10-5-7-11(8-6-10)13-14(17(19)20)12-4-2-3-9-16(12)15(13)18(21)22/h2-9H,1H3. The summed E-state index contributed by atoms with van der Waals surface area (Å²) in [6.45, 7) is 1.88. The highest BCUT2D eigenvalue weighted by Gasteiger charge is 2.35. The van der Waals surface area contributed by atoms with Crippen molar-refractivity contribution in [2.75, 3.05) is 0 Å². The molecule has 0 saturated carbocycles. The number of benzene rings is 1. The van der Waals surface area contributed by atoms with E-state index in [0.29, 0.717) is 5.56 Å². The largest absolute Gasteiger partial charge is 0.358 e. The molecule has 0 aliphatic rings. The number of aromatic nitrogens is 1. The minimum atomic E-state index is -0.588. The Morgan fingerprint density at radius 3 is 2.23 bits per heavy atom. The Morgan fingerprint density at radius 2 is 1.64 bits per heavy atom. The summed E-state index contributed by atoms with van der Waals surface area (Å²) >= 11 is 0. The number of pyridine rings is 1. The van der Waals surface area contributed by atoms with E-state index >= 15 is 0 Å². The highest BCUT2D eigenvalue weighted by Crippen LogP contribution is 2.43. The van der Waals surface area contributed by atoms with Crippen LogP contribution in [-0.2, 0) is 0 Å². The van der Waals surface area contributed by atoms with Crippen LogP contribution in [0.2, 0.25) is 0 Å². The van der Waals surface area contributed by atoms with Gasteiger partial charge in [0.1, 0.15) is 0 Å². The number of rotatable bonds is 3. The van der Waals surface area contributed by atoms with Gasteiger partial charge in [0.05, 0.1) is 11.1 Å². The van der Waals surface area contributed by atoms with E-state index in [1.165, 1.54) is 16.7 Å². The first-order valence-corrected chi connectivity index (χ1v) is 6.49. The summed E-state index contributed by atoms with van der Waals surface area (Å²) in [5.41, 5.74) is 1.40. The normalized spacial score (nSPS) is 10.8. The monoisotopic (exact) mass is 297 g/mol. The van der Waals surface area contributed by atoms with Crippen molar-refractivity contribution in [3.8, 4) is 11.1 Å². The Balaban J connectivity index is 2.48. The van der Waals surface area contributed by atoms with E-state index in [1.807, 2.05) is 6.92 Å². The van der Waals surface area contributed by atoms with Crippen LogP contribution in [0.1, 0.15) is 5.56 Å². The highest BCUT2D eigenvalue weighted by atomic mass is 16.6. The van der Waals surface area contributed by atoms with Gasteiger partial charge in [-0.25, -0.2) is 0 Å². The van der Waals surface area contributed by atoms with Crippen LogP contribution in [0.3, 0.4) is 0 Å². The Bertz CT molecular complexity index is 846. The molecule has 0 aliphatic heterocycles. The van der Waals surface area contributed by atoms with Gasteiger partial charge >= 0.3 is 11.5 Å². The number of hydrogen-bond donors (Lipinski definition) is 0. The number of nitrogens with zero attached hydrogens (tertiary/aromatic N) is 3. The third kappa shape index (κ3) is 1.99. The van der Waals surface area contributed by atoms with Gasteiger partial charge in [0.15, 0.2) is 5.56 Å². The molecule has 0 aliphatic carbocycles. The molecule has 7 heteroatoms. The van der Waals surface area contributed by atoms with Gasteiger partial charge in [-0.3, -0.25) is 10.1 Å². The maximum absolute atomic E-state index is 11.5. The van der Waals surface area contributed by atoms with Crippen molar-refractivity contribution in [3.05, 3.63) is 74.5 Å². The molecule has 0 amide bonds. The quantitative estimate of drug-likeness (QED) is 0.544. The van der Waals surface area contributed by atoms with Crippen molar-refractivity contribution in [1.82, 2.24) is 4.40 Å². The predicted molar refractivity (Wildman–Crippen MR) is 80.9 cm³/mol. The fraction of sp³-hybridized carbons (Fsp3) is 0.0667. The van der Waals surface area contributed by atoms with Crippen LogP contribution in [-0.4, -0.2) is 14.2 Å². The number of aryl methyl sites for hydroxylation is 1. The lowest BCUT2D eigenvalue weighted by molar-refractivity contribution is -0.392. The zero-order chi connectivity index (χ0) is 15.9. The minimum Gasteiger partial charge on any atom is -0.358 e. The van der Waals surface area contributed by atoms with Gasteiger partial charge in [-0.05, 0) is 29.5 Å². The molecule has 110 valence electrons. The van der Waals surface area contributed by atoms with Crippen LogP contribution in [0.15, 0.2) is 48.7 Å². The molecule has 7 nitrogen and oxygen atoms in total. The lowest BCUT2D eigenvalue weighted by Crippen LogP contribution is -1.95. The topological polar surface area (TPSA) is 90.7 Å². The molecule has 0 atom stereocenters. The van der Waals surface area contributed by atoms with Crippen molar-refractivity contribution in [1.29, 1.82) is 0 Å². The molecule has 0 bridgehead atoms. The van der Waals surface area contributed by atoms with Gasteiger partial charge in [0.2, 0.25) is 5.52 Å². The molecule has 2 aromatic heterocycles. The van der Waals surface area contributed by atoms with E-state index in [-0.39, 0.29) is 22.6 Å². The van der Waals surface area contributed by atoms with Crippen LogP contribution in [0.4, 0.5) is 11.5 Å². The van der Waals surface area contributed by atoms with Crippen LogP contribution < -0.4 is 0 Å². The summed E-state index contributed by atoms with van der Waals surface area (Å²) in [5, 5.41) is 23.0. The Hall–Kier alpha value is -3.22. The first kappa shape index (κ1) is 13.7. The SMILES string of the molecule is Cc1ccc(-c2c([N+](=O)[O-])c3ccccn3c2[N+](=O)[O-])cc1. The zero-order valence-corrected chi connectivity index (χ0v) is 11.6. The summed E-state index contributed by atoms with van der Waals surface area (Å²) in [6, 6.07) is 11.6. The summed E-state index contributed by atoms with van der Waals surface area (Å²) in [5.74, 6) is -0.300. The summed E-state index contributed by atoms with van der Waals surface area (Å²) < 4.78 is 1.24. The lowest BCUT2D eigenvalue weighted by Gasteiger charge is -2.01. The average Bonchev–Trinajstić information content (AvgIpc) is 2.83. The Labute approximate surface area is 124 Å². The summed E-state index contributed by atoms with van der Waals surface area (Å²) in [4.78, 5) is 21.8. The molecule has 0 radical (unpaired) electrons. The van der Waals surface area contributed by atoms with E-state index in [4.69, 9.17) is 0 Å². The Morgan fingerprint density at radius 1 is 0.955 bits per heavy atom. The highest BCUT2D eigenvalue weighted by molar-refractivity contribution is 5.92. The van der Waals surface area contributed by atoms with Crippen LogP contribution in [0, 0.1) is 27.2 Å².